The molecule has 0 saturated heterocycles. The SMILES string of the molecule is CCOc1ccc(C(=O)NC(=S)Nc2ccc(OCCOC)cc2)cc1. The Bertz CT molecular complexity index is 717. The smallest absolute Gasteiger partial charge is 0.257 e. The number of methoxy groups -OCH3 is 1. The van der Waals surface area contributed by atoms with Gasteiger partial charge in [-0.2, -0.15) is 0 Å². The van der Waals surface area contributed by atoms with Crippen LogP contribution in [0.15, 0.2) is 48.5 Å². The van der Waals surface area contributed by atoms with Crippen LogP contribution in [0.2, 0.25) is 0 Å². The van der Waals surface area contributed by atoms with E-state index < -0.39 is 0 Å². The number of hydrogen-bond donors (Lipinski definition) is 2. The summed E-state index contributed by atoms with van der Waals surface area (Å²) in [6.07, 6.45) is 0. The van der Waals surface area contributed by atoms with Crippen molar-refractivity contribution in [3.8, 4) is 11.5 Å². The first-order valence-corrected chi connectivity index (χ1v) is 8.60. The second kappa shape index (κ2) is 10.4. The lowest BCUT2D eigenvalue weighted by atomic mass is 10.2. The first-order chi connectivity index (χ1) is 12.6. The Balaban J connectivity index is 1.84. The Labute approximate surface area is 158 Å². The molecule has 1 amide bonds. The number of rotatable bonds is 8. The predicted molar refractivity (Wildman–Crippen MR) is 105 cm³/mol. The second-order valence-electron chi connectivity index (χ2n) is 5.23. The minimum atomic E-state index is -0.287. The second-order valence-corrected chi connectivity index (χ2v) is 5.64. The number of benzene rings is 2. The molecule has 6 nitrogen and oxygen atoms in total. The predicted octanol–water partition coefficient (Wildman–Crippen LogP) is 3.24. The van der Waals surface area contributed by atoms with Crippen LogP contribution < -0.4 is 20.1 Å². The van der Waals surface area contributed by atoms with Crippen LogP contribution in [0.3, 0.4) is 0 Å². The zero-order valence-electron chi connectivity index (χ0n) is 14.8. The molecule has 0 spiro atoms. The fraction of sp³-hybridized carbons (Fsp3) is 0.263. The highest BCUT2D eigenvalue weighted by Crippen LogP contribution is 2.16. The molecular formula is C19H22N2O4S. The molecule has 0 aliphatic heterocycles. The Kier molecular flexibility index (Phi) is 7.85. The zero-order valence-corrected chi connectivity index (χ0v) is 15.6. The van der Waals surface area contributed by atoms with Crippen molar-refractivity contribution in [3.05, 3.63) is 54.1 Å². The average Bonchev–Trinajstić information content (AvgIpc) is 2.64. The number of carbonyl (C=O) groups excluding carboxylic acids is 1. The van der Waals surface area contributed by atoms with Crippen LogP contribution in [0, 0.1) is 0 Å². The molecule has 0 saturated carbocycles. The van der Waals surface area contributed by atoms with Crippen molar-refractivity contribution in [1.29, 1.82) is 0 Å². The third-order valence-electron chi connectivity index (χ3n) is 3.32. The van der Waals surface area contributed by atoms with E-state index in [0.29, 0.717) is 25.4 Å². The number of nitrogens with one attached hydrogen (secondary N) is 2. The summed E-state index contributed by atoms with van der Waals surface area (Å²) in [5.74, 6) is 1.17. The molecule has 0 aromatic heterocycles. The quantitative estimate of drug-likeness (QED) is 0.546. The van der Waals surface area contributed by atoms with Crippen LogP contribution in [0.25, 0.3) is 0 Å². The standard InChI is InChI=1S/C19H22N2O4S/c1-3-24-16-8-4-14(5-9-16)18(22)21-19(26)20-15-6-10-17(11-7-15)25-13-12-23-2/h4-11H,3,12-13H2,1-2H3,(H2,20,21,22,26). The van der Waals surface area contributed by atoms with Crippen LogP contribution in [0.4, 0.5) is 5.69 Å². The number of thiocarbonyl (C=S) groups is 1. The summed E-state index contributed by atoms with van der Waals surface area (Å²) in [5.41, 5.74) is 1.25. The molecular weight excluding hydrogens is 352 g/mol. The normalized spacial score (nSPS) is 10.1. The third kappa shape index (κ3) is 6.34. The van der Waals surface area contributed by atoms with E-state index in [-0.39, 0.29) is 11.0 Å². The number of hydrogen-bond acceptors (Lipinski definition) is 5. The van der Waals surface area contributed by atoms with E-state index in [2.05, 4.69) is 10.6 Å². The molecule has 0 atom stereocenters. The summed E-state index contributed by atoms with van der Waals surface area (Å²) >= 11 is 5.18. The van der Waals surface area contributed by atoms with Gasteiger partial charge >= 0.3 is 0 Å². The van der Waals surface area contributed by atoms with Gasteiger partial charge in [-0.05, 0) is 67.7 Å². The van der Waals surface area contributed by atoms with Crippen LogP contribution >= 0.6 is 12.2 Å². The van der Waals surface area contributed by atoms with E-state index >= 15 is 0 Å². The van der Waals surface area contributed by atoms with Crippen molar-refractivity contribution in [2.45, 2.75) is 6.92 Å². The number of amides is 1. The Hall–Kier alpha value is -2.64. The maximum Gasteiger partial charge on any atom is 0.257 e. The minimum absolute atomic E-state index is 0.219. The zero-order chi connectivity index (χ0) is 18.8. The molecule has 0 aliphatic carbocycles. The molecule has 0 radical (unpaired) electrons. The van der Waals surface area contributed by atoms with Crippen molar-refractivity contribution < 1.29 is 19.0 Å². The van der Waals surface area contributed by atoms with Crippen molar-refractivity contribution in [2.75, 3.05) is 32.2 Å². The van der Waals surface area contributed by atoms with E-state index in [4.69, 9.17) is 26.4 Å². The van der Waals surface area contributed by atoms with E-state index in [1.165, 1.54) is 0 Å². The first kappa shape index (κ1) is 19.7. The summed E-state index contributed by atoms with van der Waals surface area (Å²) in [4.78, 5) is 12.2. The highest BCUT2D eigenvalue weighted by atomic mass is 32.1. The molecule has 26 heavy (non-hydrogen) atoms. The summed E-state index contributed by atoms with van der Waals surface area (Å²) in [6.45, 7) is 3.50. The monoisotopic (exact) mass is 374 g/mol. The largest absolute Gasteiger partial charge is 0.494 e. The van der Waals surface area contributed by atoms with Crippen molar-refractivity contribution in [2.24, 2.45) is 0 Å². The third-order valence-corrected chi connectivity index (χ3v) is 3.53. The van der Waals surface area contributed by atoms with Crippen LogP contribution in [0.1, 0.15) is 17.3 Å². The number of ether oxygens (including phenoxy) is 3. The molecule has 2 aromatic carbocycles. The minimum Gasteiger partial charge on any atom is -0.494 e. The summed E-state index contributed by atoms with van der Waals surface area (Å²) < 4.78 is 15.8. The molecule has 0 heterocycles. The van der Waals surface area contributed by atoms with Crippen LogP contribution in [-0.2, 0) is 4.74 Å². The average molecular weight is 374 g/mol. The molecule has 0 unspecified atom stereocenters. The summed E-state index contributed by atoms with van der Waals surface area (Å²) in [5, 5.41) is 5.83. The molecule has 138 valence electrons. The van der Waals surface area contributed by atoms with Gasteiger partial charge in [0.1, 0.15) is 18.1 Å². The van der Waals surface area contributed by atoms with Crippen LogP contribution in [0.5, 0.6) is 11.5 Å². The molecule has 2 aromatic rings. The van der Waals surface area contributed by atoms with Crippen molar-refractivity contribution >= 4 is 28.9 Å². The van der Waals surface area contributed by atoms with Crippen molar-refractivity contribution in [1.82, 2.24) is 5.32 Å². The van der Waals surface area contributed by atoms with Gasteiger partial charge in [0.05, 0.1) is 13.2 Å². The van der Waals surface area contributed by atoms with E-state index in [1.54, 1.807) is 31.4 Å². The topological polar surface area (TPSA) is 68.8 Å². The number of carbonyl (C=O) groups is 1. The van der Waals surface area contributed by atoms with E-state index in [1.807, 2.05) is 31.2 Å². The maximum absolute atomic E-state index is 12.2. The summed E-state index contributed by atoms with van der Waals surface area (Å²) in [7, 11) is 1.62. The van der Waals surface area contributed by atoms with Gasteiger partial charge in [-0.25, -0.2) is 0 Å². The Morgan fingerprint density at radius 3 is 2.19 bits per heavy atom. The Morgan fingerprint density at radius 2 is 1.58 bits per heavy atom. The van der Waals surface area contributed by atoms with Crippen LogP contribution in [-0.4, -0.2) is 38.0 Å². The molecule has 0 bridgehead atoms. The summed E-state index contributed by atoms with van der Waals surface area (Å²) in [6, 6.07) is 14.1. The van der Waals surface area contributed by atoms with E-state index in [0.717, 1.165) is 17.2 Å². The van der Waals surface area contributed by atoms with E-state index in [9.17, 15) is 4.79 Å². The first-order valence-electron chi connectivity index (χ1n) is 8.19. The maximum atomic E-state index is 12.2. The molecule has 0 aliphatic rings. The Morgan fingerprint density at radius 1 is 0.962 bits per heavy atom. The molecule has 0 fully saturated rings. The van der Waals surface area contributed by atoms with Crippen molar-refractivity contribution in [3.63, 3.8) is 0 Å². The van der Waals surface area contributed by atoms with Gasteiger partial charge in [0.2, 0.25) is 0 Å². The lowest BCUT2D eigenvalue weighted by molar-refractivity contribution is 0.0977. The van der Waals surface area contributed by atoms with Gasteiger partial charge < -0.3 is 19.5 Å². The van der Waals surface area contributed by atoms with Gasteiger partial charge in [-0.15, -0.1) is 0 Å². The highest BCUT2D eigenvalue weighted by molar-refractivity contribution is 7.80. The molecule has 2 rings (SSSR count). The number of anilines is 1. The van der Waals surface area contributed by atoms with Gasteiger partial charge in [0, 0.05) is 18.4 Å². The van der Waals surface area contributed by atoms with Gasteiger partial charge in [-0.3, -0.25) is 10.1 Å². The lowest BCUT2D eigenvalue weighted by Gasteiger charge is -2.11. The van der Waals surface area contributed by atoms with Gasteiger partial charge in [0.25, 0.3) is 5.91 Å². The fourth-order valence-corrected chi connectivity index (χ4v) is 2.29. The highest BCUT2D eigenvalue weighted by Gasteiger charge is 2.08. The van der Waals surface area contributed by atoms with Gasteiger partial charge in [0.15, 0.2) is 5.11 Å². The lowest BCUT2D eigenvalue weighted by Crippen LogP contribution is -2.34. The van der Waals surface area contributed by atoms with Gasteiger partial charge in [-0.1, -0.05) is 0 Å². The fourth-order valence-electron chi connectivity index (χ4n) is 2.08. The molecule has 7 heteroatoms. The molecule has 2 N–H and O–H groups in total.